The molecule has 0 atom stereocenters. The fourth-order valence-electron chi connectivity index (χ4n) is 5.96. The number of nitrogens with one attached hydrogen (secondary N) is 2. The highest BCUT2D eigenvalue weighted by Crippen LogP contribution is 2.60. The van der Waals surface area contributed by atoms with Crippen molar-refractivity contribution in [1.29, 1.82) is 0 Å². The van der Waals surface area contributed by atoms with Gasteiger partial charge in [-0.25, -0.2) is 0 Å². The average molecular weight is 375 g/mol. The Hall–Kier alpha value is -1.55. The minimum absolute atomic E-state index is 0.0760. The molecule has 4 saturated carbocycles. The fourth-order valence-corrected chi connectivity index (χ4v) is 6.05. The third-order valence-electron chi connectivity index (χ3n) is 6.61. The van der Waals surface area contributed by atoms with Crippen LogP contribution in [0.3, 0.4) is 0 Å². The van der Waals surface area contributed by atoms with Crippen LogP contribution in [0.2, 0.25) is 0 Å². The molecule has 1 aromatic rings. The number of hydrogen-bond donors (Lipinski definition) is 2. The molecule has 0 unspecified atom stereocenters. The van der Waals surface area contributed by atoms with Crippen LogP contribution in [0.1, 0.15) is 50.5 Å². The lowest BCUT2D eigenvalue weighted by molar-refractivity contribution is -0.119. The summed E-state index contributed by atoms with van der Waals surface area (Å²) in [6.45, 7) is 0.308. The van der Waals surface area contributed by atoms with Crippen molar-refractivity contribution >= 4 is 29.1 Å². The molecule has 4 aliphatic carbocycles. The van der Waals surface area contributed by atoms with Crippen molar-refractivity contribution < 1.29 is 9.59 Å². The molecule has 2 N–H and O–H groups in total. The Morgan fingerprint density at radius 1 is 0.962 bits per heavy atom. The van der Waals surface area contributed by atoms with Gasteiger partial charge in [-0.2, -0.15) is 0 Å². The van der Waals surface area contributed by atoms with Crippen molar-refractivity contribution in [2.45, 2.75) is 50.4 Å². The largest absolute Gasteiger partial charge is 0.355 e. The third-order valence-corrected chi connectivity index (χ3v) is 6.86. The number of carbonyl (C=O) groups is 2. The first kappa shape index (κ1) is 17.8. The van der Waals surface area contributed by atoms with E-state index in [1.807, 2.05) is 12.1 Å². The molecule has 0 spiro atoms. The van der Waals surface area contributed by atoms with Crippen LogP contribution in [0.5, 0.6) is 0 Å². The molecule has 4 aliphatic rings. The maximum absolute atomic E-state index is 12.0. The zero-order valence-corrected chi connectivity index (χ0v) is 15.9. The monoisotopic (exact) mass is 374 g/mol. The van der Waals surface area contributed by atoms with Crippen molar-refractivity contribution in [3.8, 4) is 0 Å². The topological polar surface area (TPSA) is 58.2 Å². The Balaban J connectivity index is 1.35. The highest BCUT2D eigenvalue weighted by Gasteiger charge is 2.51. The van der Waals surface area contributed by atoms with Crippen molar-refractivity contribution in [2.24, 2.45) is 17.8 Å². The molecule has 2 amide bonds. The summed E-state index contributed by atoms with van der Waals surface area (Å²) in [5.41, 5.74) is 2.68. The number of amides is 2. The van der Waals surface area contributed by atoms with Gasteiger partial charge in [0, 0.05) is 18.7 Å². The van der Waals surface area contributed by atoms with E-state index in [4.69, 9.17) is 11.6 Å². The van der Waals surface area contributed by atoms with Gasteiger partial charge in [-0.3, -0.25) is 9.59 Å². The smallest absolute Gasteiger partial charge is 0.234 e. The number of rotatable bonds is 6. The van der Waals surface area contributed by atoms with Gasteiger partial charge in [0.1, 0.15) is 5.88 Å². The van der Waals surface area contributed by atoms with Gasteiger partial charge in [0.15, 0.2) is 0 Å². The molecule has 0 aliphatic heterocycles. The van der Waals surface area contributed by atoms with E-state index in [2.05, 4.69) is 22.8 Å². The first-order valence-corrected chi connectivity index (χ1v) is 10.3. The van der Waals surface area contributed by atoms with E-state index in [1.54, 1.807) is 0 Å². The van der Waals surface area contributed by atoms with Gasteiger partial charge in [0.05, 0.1) is 0 Å². The van der Waals surface area contributed by atoms with Crippen LogP contribution in [0.15, 0.2) is 24.3 Å². The summed E-state index contributed by atoms with van der Waals surface area (Å²) in [5.74, 6) is 2.38. The van der Waals surface area contributed by atoms with Crippen LogP contribution in [0.25, 0.3) is 0 Å². The van der Waals surface area contributed by atoms with Gasteiger partial charge in [-0.15, -0.1) is 11.6 Å². The second-order valence-electron chi connectivity index (χ2n) is 8.56. The highest BCUT2D eigenvalue weighted by molar-refractivity contribution is 6.27. The molecule has 4 nitrogen and oxygen atoms in total. The van der Waals surface area contributed by atoms with Crippen molar-refractivity contribution in [3.05, 3.63) is 29.8 Å². The molecule has 1 aromatic carbocycles. The summed E-state index contributed by atoms with van der Waals surface area (Å²) in [6.07, 6.45) is 8.66. The summed E-state index contributed by atoms with van der Waals surface area (Å²) >= 11 is 5.41. The third kappa shape index (κ3) is 3.62. The molecule has 4 fully saturated rings. The molecule has 26 heavy (non-hydrogen) atoms. The van der Waals surface area contributed by atoms with Crippen LogP contribution >= 0.6 is 11.6 Å². The molecular formula is C21H27ClN2O2. The Labute approximate surface area is 160 Å². The zero-order chi connectivity index (χ0) is 18.1. The summed E-state index contributed by atoms with van der Waals surface area (Å²) in [5, 5.41) is 5.51. The van der Waals surface area contributed by atoms with Crippen LogP contribution < -0.4 is 10.6 Å². The predicted molar refractivity (Wildman–Crippen MR) is 103 cm³/mol. The maximum atomic E-state index is 12.0. The Kier molecular flexibility index (Phi) is 4.96. The lowest BCUT2D eigenvalue weighted by Crippen LogP contribution is -2.48. The number of anilines is 1. The van der Waals surface area contributed by atoms with Crippen molar-refractivity contribution in [3.63, 3.8) is 0 Å². The number of alkyl halides is 1. The predicted octanol–water partition coefficient (Wildman–Crippen LogP) is 3.84. The summed E-state index contributed by atoms with van der Waals surface area (Å²) < 4.78 is 0. The summed E-state index contributed by atoms with van der Waals surface area (Å²) in [6, 6.07) is 8.50. The number of hydrogen-bond acceptors (Lipinski definition) is 2. The molecule has 5 heteroatoms. The van der Waals surface area contributed by atoms with Gasteiger partial charge in [0.2, 0.25) is 11.8 Å². The molecular weight excluding hydrogens is 348 g/mol. The van der Waals surface area contributed by atoms with Crippen LogP contribution in [-0.2, 0) is 15.0 Å². The highest BCUT2D eigenvalue weighted by atomic mass is 35.5. The number of carbonyl (C=O) groups excluding carboxylic acids is 2. The minimum atomic E-state index is -0.251. The van der Waals surface area contributed by atoms with E-state index in [0.29, 0.717) is 12.0 Å². The van der Waals surface area contributed by atoms with Gasteiger partial charge in [0.25, 0.3) is 0 Å². The van der Waals surface area contributed by atoms with Crippen LogP contribution in [0, 0.1) is 17.8 Å². The quantitative estimate of drug-likeness (QED) is 0.743. The van der Waals surface area contributed by atoms with Gasteiger partial charge in [-0.05, 0) is 79.4 Å². The van der Waals surface area contributed by atoms with Gasteiger partial charge >= 0.3 is 0 Å². The maximum Gasteiger partial charge on any atom is 0.234 e. The first-order chi connectivity index (χ1) is 12.6. The summed E-state index contributed by atoms with van der Waals surface area (Å²) in [4.78, 5) is 23.1. The Morgan fingerprint density at radius 2 is 1.54 bits per heavy atom. The molecule has 0 saturated heterocycles. The fraction of sp³-hybridized carbons (Fsp3) is 0.619. The standard InChI is InChI=1S/C21H27ClN2O2/c22-13-20(26)23-6-5-19(25)24-18-3-1-17(2-4-18)21-10-14-7-15(11-21)9-16(8-14)12-21/h1-4,14-16H,5-13H2,(H,23,26)(H,24,25). The van der Waals surface area contributed by atoms with Gasteiger partial charge in [-0.1, -0.05) is 12.1 Å². The normalized spacial score (nSPS) is 31.7. The molecule has 0 radical (unpaired) electrons. The molecule has 0 heterocycles. The average Bonchev–Trinajstić information content (AvgIpc) is 2.61. The van der Waals surface area contributed by atoms with E-state index < -0.39 is 0 Å². The summed E-state index contributed by atoms with van der Waals surface area (Å²) in [7, 11) is 0. The van der Waals surface area contributed by atoms with Gasteiger partial charge < -0.3 is 10.6 Å². The lowest BCUT2D eigenvalue weighted by Gasteiger charge is -2.57. The number of benzene rings is 1. The Morgan fingerprint density at radius 3 is 2.08 bits per heavy atom. The lowest BCUT2D eigenvalue weighted by atomic mass is 9.48. The van der Waals surface area contributed by atoms with E-state index in [0.717, 1.165) is 23.4 Å². The van der Waals surface area contributed by atoms with Crippen molar-refractivity contribution in [1.82, 2.24) is 5.32 Å². The molecule has 4 bridgehead atoms. The number of halogens is 1. The minimum Gasteiger partial charge on any atom is -0.355 e. The zero-order valence-electron chi connectivity index (χ0n) is 15.1. The molecule has 5 rings (SSSR count). The second-order valence-corrected chi connectivity index (χ2v) is 8.82. The van der Waals surface area contributed by atoms with Crippen LogP contribution in [0.4, 0.5) is 5.69 Å². The van der Waals surface area contributed by atoms with Crippen molar-refractivity contribution in [2.75, 3.05) is 17.7 Å². The van der Waals surface area contributed by atoms with E-state index in [-0.39, 0.29) is 24.1 Å². The first-order valence-electron chi connectivity index (χ1n) is 9.79. The van der Waals surface area contributed by atoms with Crippen LogP contribution in [-0.4, -0.2) is 24.2 Å². The second kappa shape index (κ2) is 7.22. The molecule has 0 aromatic heterocycles. The van der Waals surface area contributed by atoms with E-state index >= 15 is 0 Å². The SMILES string of the molecule is O=C(CCl)NCCC(=O)Nc1ccc(C23CC4CC(CC(C4)C2)C3)cc1. The van der Waals surface area contributed by atoms with E-state index in [9.17, 15) is 9.59 Å². The molecule has 140 valence electrons. The van der Waals surface area contributed by atoms with E-state index in [1.165, 1.54) is 44.1 Å². The Bertz CT molecular complexity index is 650.